The highest BCUT2D eigenvalue weighted by Gasteiger charge is 2.49. The fourth-order valence-electron chi connectivity index (χ4n) is 16.3. The molecule has 3 aliphatic rings. The van der Waals surface area contributed by atoms with Crippen molar-refractivity contribution in [2.45, 2.75) is 23.7 Å². The summed E-state index contributed by atoms with van der Waals surface area (Å²) in [5.74, 6) is 0. The van der Waals surface area contributed by atoms with Gasteiger partial charge in [-0.25, -0.2) is 0 Å². The van der Waals surface area contributed by atoms with E-state index in [0.717, 1.165) is 55.5 Å². The van der Waals surface area contributed by atoms with Gasteiger partial charge in [0.2, 0.25) is 0 Å². The predicted octanol–water partition coefficient (Wildman–Crippen LogP) is 21.5. The number of fused-ring (bicyclic) bond motifs is 9. The van der Waals surface area contributed by atoms with Gasteiger partial charge in [-0.15, -0.1) is 0 Å². The Morgan fingerprint density at radius 2 is 0.653 bits per heavy atom. The van der Waals surface area contributed by atoms with E-state index < -0.39 is 17.9 Å². The van der Waals surface area contributed by atoms with E-state index in [9.17, 15) is 20.6 Å². The molecule has 0 radical (unpaired) electrons. The number of nitriles is 2. The Bertz CT molecular complexity index is 5550. The van der Waals surface area contributed by atoms with Gasteiger partial charge in [-0.2, -0.15) is 10.5 Å². The molecule has 2 N–H and O–H groups in total. The SMILES string of the molecule is N#Cc1ccc2c(c1)C(c1ccccc1)(c1ccccc1)C1=C2CCC(c2c3ccccc3c(-c3ccccc3)c3ccccc23)=C1.N#Cc1ccc2c(c1)C(c1ccccc1)(c1ccccc1)c1cc(Br)ccc1-2.OB(O)c1c2ccccc2c(-c2ccccc2)c2ccccc12. The lowest BCUT2D eigenvalue weighted by molar-refractivity contribution is 0.426. The summed E-state index contributed by atoms with van der Waals surface area (Å²) in [6, 6.07) is 121. The quantitative estimate of drug-likeness (QED) is 0.117. The summed E-state index contributed by atoms with van der Waals surface area (Å²) >= 11 is 3.68. The maximum atomic E-state index is 10.1. The number of hydrogen-bond acceptors (Lipinski definition) is 4. The molecular formula is C92H62BBrN2O2. The van der Waals surface area contributed by atoms with E-state index in [-0.39, 0.29) is 0 Å². The Balaban J connectivity index is 0.000000125. The number of benzene rings is 15. The topological polar surface area (TPSA) is 88.0 Å². The van der Waals surface area contributed by atoms with Crippen LogP contribution in [0.1, 0.15) is 74.0 Å². The first-order valence-corrected chi connectivity index (χ1v) is 34.0. The van der Waals surface area contributed by atoms with Crippen molar-refractivity contribution < 1.29 is 10.0 Å². The van der Waals surface area contributed by atoms with Crippen molar-refractivity contribution in [3.63, 3.8) is 0 Å². The molecule has 0 bridgehead atoms. The molecule has 462 valence electrons. The lowest BCUT2D eigenvalue weighted by Crippen LogP contribution is -2.31. The Hall–Kier alpha value is -11.7. The van der Waals surface area contributed by atoms with E-state index in [1.807, 2.05) is 91.0 Å². The van der Waals surface area contributed by atoms with Gasteiger partial charge in [0.05, 0.1) is 34.1 Å². The number of nitrogens with zero attached hydrogens (tertiary/aromatic N) is 2. The maximum absolute atomic E-state index is 10.1. The first-order valence-electron chi connectivity index (χ1n) is 33.2. The molecule has 0 heterocycles. The van der Waals surface area contributed by atoms with Crippen LogP contribution in [0.4, 0.5) is 0 Å². The minimum Gasteiger partial charge on any atom is -0.423 e. The fourth-order valence-corrected chi connectivity index (χ4v) is 16.7. The van der Waals surface area contributed by atoms with E-state index in [0.29, 0.717) is 16.6 Å². The van der Waals surface area contributed by atoms with Crippen LogP contribution >= 0.6 is 15.9 Å². The molecule has 98 heavy (non-hydrogen) atoms. The Morgan fingerprint density at radius 1 is 0.327 bits per heavy atom. The zero-order valence-electron chi connectivity index (χ0n) is 53.5. The van der Waals surface area contributed by atoms with Crippen molar-refractivity contribution in [2.75, 3.05) is 0 Å². The molecule has 4 nitrogen and oxygen atoms in total. The molecule has 3 aliphatic carbocycles. The van der Waals surface area contributed by atoms with Crippen LogP contribution in [0.3, 0.4) is 0 Å². The van der Waals surface area contributed by atoms with Crippen molar-refractivity contribution in [1.82, 2.24) is 0 Å². The van der Waals surface area contributed by atoms with Gasteiger partial charge in [0.15, 0.2) is 0 Å². The van der Waals surface area contributed by atoms with Gasteiger partial charge < -0.3 is 10.0 Å². The normalized spacial score (nSPS) is 13.5. The second kappa shape index (κ2) is 25.8. The zero-order chi connectivity index (χ0) is 66.3. The van der Waals surface area contributed by atoms with Gasteiger partial charge in [-0.1, -0.05) is 319 Å². The Kier molecular flexibility index (Phi) is 16.1. The highest BCUT2D eigenvalue weighted by molar-refractivity contribution is 9.10. The van der Waals surface area contributed by atoms with Crippen LogP contribution < -0.4 is 5.46 Å². The Morgan fingerprint density at radius 3 is 1.06 bits per heavy atom. The van der Waals surface area contributed by atoms with Crippen molar-refractivity contribution >= 4 is 82.7 Å². The van der Waals surface area contributed by atoms with Gasteiger partial charge in [0.25, 0.3) is 0 Å². The molecule has 15 aromatic carbocycles. The van der Waals surface area contributed by atoms with Gasteiger partial charge in [0, 0.05) is 4.47 Å². The minimum atomic E-state index is -1.50. The van der Waals surface area contributed by atoms with E-state index in [1.54, 1.807) is 0 Å². The first kappa shape index (κ1) is 61.2. The average Bonchev–Trinajstić information content (AvgIpc) is 1.53. The van der Waals surface area contributed by atoms with E-state index in [4.69, 9.17) is 0 Å². The minimum absolute atomic E-state index is 0.455. The monoisotopic (exact) mass is 1320 g/mol. The second-order valence-corrected chi connectivity index (χ2v) is 26.2. The fraction of sp³-hybridized carbons (Fsp3) is 0.0435. The standard InChI is InChI=1S/C46H31N.C26H16BrN.C20H15BO2/c47-30-31-24-26-36-37-27-25-33(29-43(37)46(42(36)28-31,34-16-6-2-7-17-34)35-18-8-3-9-19-35)45-40-22-12-10-20-38(40)44(32-14-4-1-5-15-32)39-21-11-13-23-41(39)45;27-21-12-14-23-22-13-11-18(17-28)15-24(22)26(25(23)16-21,19-7-3-1-4-8-19)20-9-5-2-6-10-20;22-21(23)20-17-12-6-4-10-15(17)19(14-8-2-1-3-9-14)16-11-5-7-13-18(16)20/h1-24,26,28-29H,25,27H2;1-16H;1-13,22-23H. The average molecular weight is 1320 g/mol. The van der Waals surface area contributed by atoms with Crippen molar-refractivity contribution in [1.29, 1.82) is 10.5 Å². The largest absolute Gasteiger partial charge is 0.489 e. The van der Waals surface area contributed by atoms with Crippen LogP contribution in [0, 0.1) is 22.7 Å². The highest BCUT2D eigenvalue weighted by Crippen LogP contribution is 2.60. The maximum Gasteiger partial charge on any atom is 0.489 e. The van der Waals surface area contributed by atoms with E-state index >= 15 is 0 Å². The van der Waals surface area contributed by atoms with Crippen LogP contribution in [0.2, 0.25) is 0 Å². The molecule has 0 spiro atoms. The predicted molar refractivity (Wildman–Crippen MR) is 408 cm³/mol. The van der Waals surface area contributed by atoms with Gasteiger partial charge in [-0.05, 0) is 198 Å². The summed E-state index contributed by atoms with van der Waals surface area (Å²) < 4.78 is 1.05. The van der Waals surface area contributed by atoms with Crippen molar-refractivity contribution in [3.8, 4) is 45.5 Å². The molecule has 15 aromatic rings. The first-order chi connectivity index (χ1) is 48.3. The molecule has 0 saturated heterocycles. The highest BCUT2D eigenvalue weighted by atomic mass is 79.9. The van der Waals surface area contributed by atoms with E-state index in [1.165, 1.54) is 105 Å². The molecule has 0 aromatic heterocycles. The van der Waals surface area contributed by atoms with Gasteiger partial charge >= 0.3 is 7.12 Å². The lowest BCUT2D eigenvalue weighted by Gasteiger charge is -2.36. The molecular weight excluding hydrogens is 1260 g/mol. The lowest BCUT2D eigenvalue weighted by atomic mass is 9.65. The summed E-state index contributed by atoms with van der Waals surface area (Å²) in [7, 11) is -1.50. The van der Waals surface area contributed by atoms with Gasteiger partial charge in [0.1, 0.15) is 0 Å². The molecule has 0 atom stereocenters. The Labute approximate surface area is 579 Å². The molecule has 0 unspecified atom stereocenters. The van der Waals surface area contributed by atoms with Crippen molar-refractivity contribution in [3.05, 3.63) is 411 Å². The molecule has 0 aliphatic heterocycles. The molecule has 0 fully saturated rings. The van der Waals surface area contributed by atoms with Crippen LogP contribution in [-0.4, -0.2) is 17.2 Å². The summed E-state index contributed by atoms with van der Waals surface area (Å²) in [5, 5.41) is 48.4. The smallest absolute Gasteiger partial charge is 0.423 e. The number of halogens is 1. The van der Waals surface area contributed by atoms with Crippen LogP contribution in [0.15, 0.2) is 350 Å². The third-order valence-corrected chi connectivity index (χ3v) is 20.7. The molecule has 0 saturated carbocycles. The van der Waals surface area contributed by atoms with Crippen molar-refractivity contribution in [2.24, 2.45) is 0 Å². The summed E-state index contributed by atoms with van der Waals surface area (Å²) in [5.41, 5.74) is 23.2. The number of rotatable bonds is 8. The third-order valence-electron chi connectivity index (χ3n) is 20.2. The molecule has 18 rings (SSSR count). The molecule has 0 amide bonds. The van der Waals surface area contributed by atoms with Crippen LogP contribution in [0.5, 0.6) is 0 Å². The van der Waals surface area contributed by atoms with Crippen LogP contribution in [0.25, 0.3) is 87.6 Å². The third kappa shape index (κ3) is 10.1. The summed E-state index contributed by atoms with van der Waals surface area (Å²) in [6.45, 7) is 0. The number of allylic oxidation sites excluding steroid dienone is 4. The molecule has 6 heteroatoms. The second-order valence-electron chi connectivity index (χ2n) is 25.3. The van der Waals surface area contributed by atoms with Crippen LogP contribution in [-0.2, 0) is 10.8 Å². The number of hydrogen-bond donors (Lipinski definition) is 2. The summed E-state index contributed by atoms with van der Waals surface area (Å²) in [6.07, 6.45) is 4.39. The summed E-state index contributed by atoms with van der Waals surface area (Å²) in [4.78, 5) is 0. The van der Waals surface area contributed by atoms with E-state index in [2.05, 4.69) is 277 Å². The van der Waals surface area contributed by atoms with Gasteiger partial charge in [-0.3, -0.25) is 0 Å². The zero-order valence-corrected chi connectivity index (χ0v) is 55.1.